The van der Waals surface area contributed by atoms with Gasteiger partial charge < -0.3 is 5.32 Å². The SMILES string of the molecule is CCn1cc(Cl)c(CNC(=O)CCn2ncc([N+](=O)[O-])c2C)n1. The number of nitrogens with zero attached hydrogens (tertiary/aromatic N) is 5. The van der Waals surface area contributed by atoms with E-state index < -0.39 is 4.92 Å². The van der Waals surface area contributed by atoms with Crippen LogP contribution in [0, 0.1) is 17.0 Å². The Labute approximate surface area is 137 Å². The van der Waals surface area contributed by atoms with Gasteiger partial charge in [0.15, 0.2) is 0 Å². The minimum absolute atomic E-state index is 0.0534. The van der Waals surface area contributed by atoms with Crippen molar-refractivity contribution in [3.63, 3.8) is 0 Å². The summed E-state index contributed by atoms with van der Waals surface area (Å²) in [7, 11) is 0. The molecule has 0 saturated carbocycles. The predicted octanol–water partition coefficient (Wildman–Crippen LogP) is 1.68. The standard InChI is InChI=1S/C13H17ClN6O3/c1-3-18-8-10(14)11(17-18)6-15-13(21)4-5-19-9(2)12(7-16-19)20(22)23/h7-8H,3-6H2,1-2H3,(H,15,21). The van der Waals surface area contributed by atoms with Crippen LogP contribution in [0.25, 0.3) is 0 Å². The van der Waals surface area contributed by atoms with Crippen molar-refractivity contribution in [2.45, 2.75) is 39.9 Å². The van der Waals surface area contributed by atoms with Crippen molar-refractivity contribution in [3.05, 3.63) is 38.9 Å². The molecule has 0 aliphatic carbocycles. The van der Waals surface area contributed by atoms with Crippen LogP contribution in [-0.4, -0.2) is 30.4 Å². The summed E-state index contributed by atoms with van der Waals surface area (Å²) < 4.78 is 3.13. The summed E-state index contributed by atoms with van der Waals surface area (Å²) >= 11 is 6.02. The Kier molecular flexibility index (Phi) is 5.32. The van der Waals surface area contributed by atoms with Crippen LogP contribution in [-0.2, 0) is 24.4 Å². The van der Waals surface area contributed by atoms with E-state index in [9.17, 15) is 14.9 Å². The number of halogens is 1. The number of aryl methyl sites for hydroxylation is 2. The molecule has 10 heteroatoms. The highest BCUT2D eigenvalue weighted by molar-refractivity contribution is 6.31. The Morgan fingerprint density at radius 3 is 2.83 bits per heavy atom. The minimum Gasteiger partial charge on any atom is -0.350 e. The Morgan fingerprint density at radius 2 is 2.26 bits per heavy atom. The Morgan fingerprint density at radius 1 is 1.52 bits per heavy atom. The van der Waals surface area contributed by atoms with Crippen LogP contribution in [0.5, 0.6) is 0 Å². The molecule has 0 fully saturated rings. The number of carbonyl (C=O) groups excluding carboxylic acids is 1. The summed E-state index contributed by atoms with van der Waals surface area (Å²) in [6.07, 6.45) is 3.05. The number of amides is 1. The van der Waals surface area contributed by atoms with Crippen LogP contribution in [0.3, 0.4) is 0 Å². The lowest BCUT2D eigenvalue weighted by Gasteiger charge is -2.05. The molecule has 0 radical (unpaired) electrons. The van der Waals surface area contributed by atoms with Gasteiger partial charge in [-0.1, -0.05) is 11.6 Å². The summed E-state index contributed by atoms with van der Waals surface area (Å²) in [4.78, 5) is 22.1. The van der Waals surface area contributed by atoms with Crippen molar-refractivity contribution in [1.29, 1.82) is 0 Å². The summed E-state index contributed by atoms with van der Waals surface area (Å²) in [5.41, 5.74) is 0.975. The van der Waals surface area contributed by atoms with Crippen LogP contribution in [0.2, 0.25) is 5.02 Å². The fraction of sp³-hybridized carbons (Fsp3) is 0.462. The summed E-state index contributed by atoms with van der Waals surface area (Å²) in [5.74, 6) is -0.204. The third-order valence-electron chi connectivity index (χ3n) is 3.39. The van der Waals surface area contributed by atoms with Gasteiger partial charge in [-0.3, -0.25) is 24.3 Å². The normalized spacial score (nSPS) is 10.7. The fourth-order valence-electron chi connectivity index (χ4n) is 2.04. The molecule has 0 saturated heterocycles. The van der Waals surface area contributed by atoms with Gasteiger partial charge in [0.05, 0.1) is 23.0 Å². The molecule has 0 bridgehead atoms. The zero-order valence-corrected chi connectivity index (χ0v) is 13.6. The summed E-state index contributed by atoms with van der Waals surface area (Å²) in [6, 6.07) is 0. The first kappa shape index (κ1) is 16.9. The van der Waals surface area contributed by atoms with Gasteiger partial charge in [0.25, 0.3) is 0 Å². The molecule has 1 amide bonds. The molecule has 0 atom stereocenters. The van der Waals surface area contributed by atoms with Crippen molar-refractivity contribution in [2.75, 3.05) is 0 Å². The van der Waals surface area contributed by atoms with E-state index in [-0.39, 0.29) is 31.1 Å². The number of hydrogen-bond donors (Lipinski definition) is 1. The van der Waals surface area contributed by atoms with E-state index in [1.165, 1.54) is 10.9 Å². The fourth-order valence-corrected chi connectivity index (χ4v) is 2.26. The van der Waals surface area contributed by atoms with E-state index in [2.05, 4.69) is 15.5 Å². The zero-order valence-electron chi connectivity index (χ0n) is 12.8. The highest BCUT2D eigenvalue weighted by Crippen LogP contribution is 2.16. The van der Waals surface area contributed by atoms with Crippen molar-refractivity contribution < 1.29 is 9.72 Å². The molecule has 9 nitrogen and oxygen atoms in total. The molecule has 2 aromatic rings. The maximum atomic E-state index is 11.9. The van der Waals surface area contributed by atoms with Gasteiger partial charge in [-0.2, -0.15) is 10.2 Å². The molecular weight excluding hydrogens is 324 g/mol. The molecule has 124 valence electrons. The van der Waals surface area contributed by atoms with E-state index in [1.54, 1.807) is 17.8 Å². The Balaban J connectivity index is 1.85. The maximum Gasteiger partial charge on any atom is 0.309 e. The second kappa shape index (κ2) is 7.23. The van der Waals surface area contributed by atoms with Crippen LogP contribution in [0.4, 0.5) is 5.69 Å². The monoisotopic (exact) mass is 340 g/mol. The number of hydrogen-bond acceptors (Lipinski definition) is 5. The number of aromatic nitrogens is 4. The van der Waals surface area contributed by atoms with Gasteiger partial charge in [0, 0.05) is 19.2 Å². The van der Waals surface area contributed by atoms with E-state index >= 15 is 0 Å². The Bertz CT molecular complexity index is 723. The molecule has 0 aliphatic heterocycles. The topological polar surface area (TPSA) is 108 Å². The molecule has 0 aromatic carbocycles. The van der Waals surface area contributed by atoms with Crippen LogP contribution in [0.15, 0.2) is 12.4 Å². The first-order valence-corrected chi connectivity index (χ1v) is 7.45. The highest BCUT2D eigenvalue weighted by atomic mass is 35.5. The first-order valence-electron chi connectivity index (χ1n) is 7.07. The molecule has 0 unspecified atom stereocenters. The lowest BCUT2D eigenvalue weighted by molar-refractivity contribution is -0.385. The zero-order chi connectivity index (χ0) is 17.0. The van der Waals surface area contributed by atoms with Crippen molar-refractivity contribution in [2.24, 2.45) is 0 Å². The maximum absolute atomic E-state index is 11.9. The van der Waals surface area contributed by atoms with Crippen LogP contribution >= 0.6 is 11.6 Å². The van der Waals surface area contributed by atoms with Gasteiger partial charge in [-0.25, -0.2) is 0 Å². The predicted molar refractivity (Wildman–Crippen MR) is 83.0 cm³/mol. The molecule has 2 heterocycles. The van der Waals surface area contributed by atoms with Crippen molar-refractivity contribution in [1.82, 2.24) is 24.9 Å². The quantitative estimate of drug-likeness (QED) is 0.609. The van der Waals surface area contributed by atoms with Gasteiger partial charge in [0.2, 0.25) is 5.91 Å². The van der Waals surface area contributed by atoms with Crippen molar-refractivity contribution >= 4 is 23.2 Å². The van der Waals surface area contributed by atoms with Gasteiger partial charge in [-0.05, 0) is 13.8 Å². The summed E-state index contributed by atoms with van der Waals surface area (Å²) in [5, 5.41) is 22.1. The second-order valence-corrected chi connectivity index (χ2v) is 5.31. The van der Waals surface area contributed by atoms with Crippen LogP contribution in [0.1, 0.15) is 24.7 Å². The lowest BCUT2D eigenvalue weighted by Crippen LogP contribution is -2.24. The van der Waals surface area contributed by atoms with Gasteiger partial charge in [0.1, 0.15) is 17.6 Å². The molecular formula is C13H17ClN6O3. The van der Waals surface area contributed by atoms with Crippen molar-refractivity contribution in [3.8, 4) is 0 Å². The highest BCUT2D eigenvalue weighted by Gasteiger charge is 2.16. The third-order valence-corrected chi connectivity index (χ3v) is 3.70. The smallest absolute Gasteiger partial charge is 0.309 e. The third kappa shape index (κ3) is 4.07. The van der Waals surface area contributed by atoms with E-state index in [0.717, 1.165) is 0 Å². The molecule has 23 heavy (non-hydrogen) atoms. The molecule has 0 aliphatic rings. The molecule has 2 rings (SSSR count). The average Bonchev–Trinajstić information content (AvgIpc) is 3.06. The van der Waals surface area contributed by atoms with E-state index in [0.29, 0.717) is 23.0 Å². The van der Waals surface area contributed by atoms with Crippen LogP contribution < -0.4 is 5.32 Å². The minimum atomic E-state index is -0.495. The molecule has 0 spiro atoms. The lowest BCUT2D eigenvalue weighted by atomic mass is 10.3. The first-order chi connectivity index (χ1) is 10.9. The Hall–Kier alpha value is -2.42. The van der Waals surface area contributed by atoms with Gasteiger partial charge >= 0.3 is 5.69 Å². The number of nitrogens with one attached hydrogen (secondary N) is 1. The molecule has 1 N–H and O–H groups in total. The molecule has 2 aromatic heterocycles. The number of nitro groups is 1. The average molecular weight is 341 g/mol. The van der Waals surface area contributed by atoms with E-state index in [1.807, 2.05) is 6.92 Å². The largest absolute Gasteiger partial charge is 0.350 e. The van der Waals surface area contributed by atoms with Gasteiger partial charge in [-0.15, -0.1) is 0 Å². The second-order valence-electron chi connectivity index (χ2n) is 4.90. The number of carbonyl (C=O) groups is 1. The number of rotatable bonds is 7. The van der Waals surface area contributed by atoms with E-state index in [4.69, 9.17) is 11.6 Å². The summed E-state index contributed by atoms with van der Waals surface area (Å²) in [6.45, 7) is 4.74.